The molecule has 0 spiro atoms. The Morgan fingerprint density at radius 1 is 0.931 bits per heavy atom. The van der Waals surface area contributed by atoms with Gasteiger partial charge in [-0.15, -0.1) is 0 Å². The lowest BCUT2D eigenvalue weighted by molar-refractivity contribution is -0.141. The normalized spacial score (nSPS) is 14.8. The predicted molar refractivity (Wildman–Crippen MR) is 115 cm³/mol. The van der Waals surface area contributed by atoms with Gasteiger partial charge in [-0.1, -0.05) is 30.3 Å². The van der Waals surface area contributed by atoms with E-state index >= 15 is 0 Å². The topological polar surface area (TPSA) is 151 Å². The molecular weight excluding hydrogens is 416 g/mol. The smallest absolute Gasteiger partial charge is 0.325 e. The number of amides is 3. The maximum Gasteiger partial charge on any atom is 0.325 e. The highest BCUT2D eigenvalue weighted by molar-refractivity contribution is 7.80. The molecule has 1 rings (SSSR count). The van der Waals surface area contributed by atoms with Crippen molar-refractivity contribution in [3.63, 3.8) is 0 Å². The Hall–Kier alpha value is -2.24. The van der Waals surface area contributed by atoms with Gasteiger partial charge in [0.2, 0.25) is 17.7 Å². The van der Waals surface area contributed by atoms with E-state index in [4.69, 9.17) is 10.8 Å². The number of carboxylic acid groups (broad SMARTS) is 1. The van der Waals surface area contributed by atoms with Gasteiger partial charge in [0, 0.05) is 17.9 Å². The number of carbonyl (C=O) groups excluding carboxylic acids is 3. The molecule has 1 aromatic rings. The van der Waals surface area contributed by atoms with E-state index in [0.29, 0.717) is 0 Å². The Kier molecular flexibility index (Phi) is 10.6. The van der Waals surface area contributed by atoms with Crippen LogP contribution in [0.2, 0.25) is 0 Å². The third kappa shape index (κ3) is 8.34. The monoisotopic (exact) mass is 442 g/mol. The van der Waals surface area contributed by atoms with Gasteiger partial charge in [-0.3, -0.25) is 19.2 Å². The van der Waals surface area contributed by atoms with Gasteiger partial charge in [0.25, 0.3) is 0 Å². The first-order chi connectivity index (χ1) is 13.7. The lowest BCUT2D eigenvalue weighted by atomic mass is 10.0. The molecule has 3 amide bonds. The quantitative estimate of drug-likeness (QED) is 0.218. The van der Waals surface area contributed by atoms with Gasteiger partial charge in [0.05, 0.1) is 6.04 Å². The fourth-order valence-electron chi connectivity index (χ4n) is 2.26. The van der Waals surface area contributed by atoms with Gasteiger partial charge in [-0.2, -0.15) is 25.3 Å². The second-order valence-corrected chi connectivity index (χ2v) is 7.08. The second-order valence-electron chi connectivity index (χ2n) is 6.35. The molecule has 160 valence electrons. The van der Waals surface area contributed by atoms with Crippen molar-refractivity contribution in [3.05, 3.63) is 35.9 Å². The van der Waals surface area contributed by atoms with Crippen LogP contribution in [0, 0.1) is 0 Å². The number of rotatable bonds is 11. The van der Waals surface area contributed by atoms with Crippen LogP contribution in [0.3, 0.4) is 0 Å². The van der Waals surface area contributed by atoms with Crippen LogP contribution in [0.1, 0.15) is 12.5 Å². The van der Waals surface area contributed by atoms with Crippen LogP contribution in [0.5, 0.6) is 0 Å². The van der Waals surface area contributed by atoms with E-state index in [0.717, 1.165) is 5.56 Å². The zero-order valence-corrected chi connectivity index (χ0v) is 17.7. The van der Waals surface area contributed by atoms with Crippen LogP contribution in [0.25, 0.3) is 0 Å². The fraction of sp³-hybridized carbons (Fsp3) is 0.444. The largest absolute Gasteiger partial charge is 0.480 e. The molecule has 0 aliphatic rings. The molecular formula is C18H26N4O5S2. The molecule has 1 aromatic carbocycles. The maximum absolute atomic E-state index is 12.6. The first-order valence-corrected chi connectivity index (χ1v) is 10.1. The number of carboxylic acids is 1. The average molecular weight is 443 g/mol. The molecule has 0 aliphatic carbocycles. The second kappa shape index (κ2) is 12.3. The minimum atomic E-state index is -1.20. The summed E-state index contributed by atoms with van der Waals surface area (Å²) in [6, 6.07) is 4.81. The van der Waals surface area contributed by atoms with Crippen molar-refractivity contribution < 1.29 is 24.3 Å². The highest BCUT2D eigenvalue weighted by Gasteiger charge is 2.28. The standard InChI is InChI=1S/C18H26N4O5S2/c1-10(18(26)27)20-16(24)13(7-11-5-3-2-4-6-11)21-17(25)14(9-29)22-15(23)12(19)8-28/h2-6,10,12-14,28-29H,7-9,19H2,1H3,(H,20,24)(H,21,25)(H,22,23)(H,26,27). The highest BCUT2D eigenvalue weighted by Crippen LogP contribution is 2.05. The van der Waals surface area contributed by atoms with Gasteiger partial charge >= 0.3 is 5.97 Å². The number of carbonyl (C=O) groups is 4. The Labute approximate surface area is 180 Å². The summed E-state index contributed by atoms with van der Waals surface area (Å²) in [5, 5.41) is 16.4. The summed E-state index contributed by atoms with van der Waals surface area (Å²) in [5.74, 6) is -3.00. The van der Waals surface area contributed by atoms with Gasteiger partial charge in [-0.05, 0) is 12.5 Å². The van der Waals surface area contributed by atoms with Crippen LogP contribution < -0.4 is 21.7 Å². The molecule has 4 atom stereocenters. The van der Waals surface area contributed by atoms with Crippen LogP contribution in [0.4, 0.5) is 0 Å². The summed E-state index contributed by atoms with van der Waals surface area (Å²) in [7, 11) is 0. The van der Waals surface area contributed by atoms with Crippen molar-refractivity contribution in [2.24, 2.45) is 5.73 Å². The van der Waals surface area contributed by atoms with E-state index in [9.17, 15) is 19.2 Å². The average Bonchev–Trinajstić information content (AvgIpc) is 2.70. The number of nitrogens with two attached hydrogens (primary N) is 1. The zero-order valence-electron chi connectivity index (χ0n) is 15.9. The number of hydrogen-bond donors (Lipinski definition) is 7. The van der Waals surface area contributed by atoms with Crippen molar-refractivity contribution in [2.45, 2.75) is 37.5 Å². The summed E-state index contributed by atoms with van der Waals surface area (Å²) in [6.07, 6.45) is 0.133. The van der Waals surface area contributed by atoms with Crippen molar-refractivity contribution in [3.8, 4) is 0 Å². The van der Waals surface area contributed by atoms with Crippen LogP contribution in [0.15, 0.2) is 30.3 Å². The molecule has 0 radical (unpaired) electrons. The maximum atomic E-state index is 12.6. The van der Waals surface area contributed by atoms with Crippen LogP contribution >= 0.6 is 25.3 Å². The summed E-state index contributed by atoms with van der Waals surface area (Å²) < 4.78 is 0. The van der Waals surface area contributed by atoms with Gasteiger partial charge < -0.3 is 26.8 Å². The van der Waals surface area contributed by atoms with E-state index in [2.05, 4.69) is 41.2 Å². The van der Waals surface area contributed by atoms with E-state index in [1.807, 2.05) is 0 Å². The first-order valence-electron chi connectivity index (χ1n) is 8.84. The molecule has 0 saturated heterocycles. The minimum Gasteiger partial charge on any atom is -0.480 e. The summed E-state index contributed by atoms with van der Waals surface area (Å²) >= 11 is 8.01. The molecule has 4 unspecified atom stereocenters. The van der Waals surface area contributed by atoms with E-state index < -0.39 is 47.9 Å². The lowest BCUT2D eigenvalue weighted by Crippen LogP contribution is -2.58. The van der Waals surface area contributed by atoms with E-state index in [1.165, 1.54) is 6.92 Å². The van der Waals surface area contributed by atoms with Crippen LogP contribution in [-0.4, -0.2) is 64.5 Å². The van der Waals surface area contributed by atoms with E-state index in [1.54, 1.807) is 30.3 Å². The van der Waals surface area contributed by atoms with Crippen molar-refractivity contribution in [1.82, 2.24) is 16.0 Å². The Balaban J connectivity index is 2.93. The third-order valence-electron chi connectivity index (χ3n) is 3.99. The fourth-order valence-corrected chi connectivity index (χ4v) is 2.69. The van der Waals surface area contributed by atoms with Crippen LogP contribution in [-0.2, 0) is 25.6 Å². The molecule has 6 N–H and O–H groups in total. The molecule has 11 heteroatoms. The van der Waals surface area contributed by atoms with Crippen molar-refractivity contribution in [2.75, 3.05) is 11.5 Å². The lowest BCUT2D eigenvalue weighted by Gasteiger charge is -2.24. The Morgan fingerprint density at radius 3 is 2.00 bits per heavy atom. The van der Waals surface area contributed by atoms with Gasteiger partial charge in [0.1, 0.15) is 18.1 Å². The summed E-state index contributed by atoms with van der Waals surface area (Å²) in [5.41, 5.74) is 6.35. The van der Waals surface area contributed by atoms with Crippen molar-refractivity contribution >= 4 is 48.9 Å². The van der Waals surface area contributed by atoms with E-state index in [-0.39, 0.29) is 17.9 Å². The van der Waals surface area contributed by atoms with Crippen molar-refractivity contribution in [1.29, 1.82) is 0 Å². The summed E-state index contributed by atoms with van der Waals surface area (Å²) in [6.45, 7) is 1.32. The highest BCUT2D eigenvalue weighted by atomic mass is 32.1. The molecule has 9 nitrogen and oxygen atoms in total. The molecule has 0 heterocycles. The van der Waals surface area contributed by atoms with Gasteiger partial charge in [0.15, 0.2) is 0 Å². The predicted octanol–water partition coefficient (Wildman–Crippen LogP) is -1.03. The molecule has 0 aromatic heterocycles. The molecule has 0 fully saturated rings. The zero-order chi connectivity index (χ0) is 22.0. The molecule has 0 aliphatic heterocycles. The molecule has 0 bridgehead atoms. The Morgan fingerprint density at radius 2 is 1.48 bits per heavy atom. The third-order valence-corrected chi connectivity index (χ3v) is 4.75. The molecule has 0 saturated carbocycles. The van der Waals surface area contributed by atoms with Gasteiger partial charge in [-0.25, -0.2) is 0 Å². The first kappa shape index (κ1) is 24.8. The number of hydrogen-bond acceptors (Lipinski definition) is 7. The number of nitrogens with one attached hydrogen (secondary N) is 3. The Bertz CT molecular complexity index is 719. The molecule has 29 heavy (non-hydrogen) atoms. The summed E-state index contributed by atoms with van der Waals surface area (Å²) in [4.78, 5) is 48.1. The SMILES string of the molecule is CC(NC(=O)C(Cc1ccccc1)NC(=O)C(CS)NC(=O)C(N)CS)C(=O)O. The number of thiol groups is 2. The number of aliphatic carboxylic acids is 1. The minimum absolute atomic E-state index is 0.0257. The number of benzene rings is 1.